The number of fused-ring (bicyclic) bond motifs is 1. The van der Waals surface area contributed by atoms with E-state index in [0.29, 0.717) is 11.1 Å². The van der Waals surface area contributed by atoms with Crippen molar-refractivity contribution in [3.8, 4) is 5.75 Å². The molecule has 0 radical (unpaired) electrons. The maximum atomic E-state index is 10.5. The molecule has 4 heteroatoms. The number of aldehydes is 2. The van der Waals surface area contributed by atoms with Crippen LogP contribution in [0.25, 0.3) is 10.8 Å². The van der Waals surface area contributed by atoms with Crippen LogP contribution in [0.4, 0.5) is 0 Å². The molecule has 0 fully saturated rings. The molecule has 1 N–H and O–H groups in total. The summed E-state index contributed by atoms with van der Waals surface area (Å²) in [6, 6.07) is 17.7. The molecule has 3 aromatic rings. The van der Waals surface area contributed by atoms with Crippen molar-refractivity contribution in [2.45, 2.75) is 0 Å². The van der Waals surface area contributed by atoms with Crippen LogP contribution in [0, 0.1) is 0 Å². The lowest BCUT2D eigenvalue weighted by atomic mass is 10.1. The van der Waals surface area contributed by atoms with Crippen molar-refractivity contribution in [2.24, 2.45) is 0 Å². The standard InChI is InChI=1S/C11H8O2.C7H5BrO/c12-7-8-1-2-10-6-11(13)4-3-9(10)5-8;8-7-4-2-1-3-6(7)5-9/h1-7,13H;1-5H. The highest BCUT2D eigenvalue weighted by molar-refractivity contribution is 9.10. The predicted octanol–water partition coefficient (Wildman–Crippen LogP) is 4.62. The van der Waals surface area contributed by atoms with E-state index in [2.05, 4.69) is 15.9 Å². The SMILES string of the molecule is O=Cc1ccc2cc(O)ccc2c1.O=Cc1ccccc1Br. The number of hydrogen-bond donors (Lipinski definition) is 1. The van der Waals surface area contributed by atoms with Crippen molar-refractivity contribution in [1.82, 2.24) is 0 Å². The van der Waals surface area contributed by atoms with Gasteiger partial charge in [0.1, 0.15) is 12.0 Å². The fraction of sp³-hybridized carbons (Fsp3) is 0. The minimum atomic E-state index is 0.242. The molecule has 0 aromatic heterocycles. The van der Waals surface area contributed by atoms with Crippen LogP contribution >= 0.6 is 15.9 Å². The molecule has 0 aliphatic carbocycles. The average Bonchev–Trinajstić information content (AvgIpc) is 2.55. The molecule has 3 nitrogen and oxygen atoms in total. The minimum absolute atomic E-state index is 0.242. The third kappa shape index (κ3) is 4.02. The van der Waals surface area contributed by atoms with Crippen LogP contribution in [-0.4, -0.2) is 17.7 Å². The highest BCUT2D eigenvalue weighted by atomic mass is 79.9. The monoisotopic (exact) mass is 356 g/mol. The molecule has 3 rings (SSSR count). The first kappa shape index (κ1) is 15.9. The summed E-state index contributed by atoms with van der Waals surface area (Å²) in [7, 11) is 0. The van der Waals surface area contributed by atoms with Gasteiger partial charge in [0, 0.05) is 15.6 Å². The Morgan fingerprint density at radius 2 is 1.50 bits per heavy atom. The molecule has 0 unspecified atom stereocenters. The van der Waals surface area contributed by atoms with Crippen LogP contribution < -0.4 is 0 Å². The smallest absolute Gasteiger partial charge is 0.151 e. The normalized spacial score (nSPS) is 9.68. The summed E-state index contributed by atoms with van der Waals surface area (Å²) >= 11 is 3.23. The molecular weight excluding hydrogens is 344 g/mol. The lowest BCUT2D eigenvalue weighted by Gasteiger charge is -1.98. The van der Waals surface area contributed by atoms with Gasteiger partial charge in [-0.15, -0.1) is 0 Å². The van der Waals surface area contributed by atoms with E-state index >= 15 is 0 Å². The van der Waals surface area contributed by atoms with Crippen LogP contribution in [0.2, 0.25) is 0 Å². The summed E-state index contributed by atoms with van der Waals surface area (Å²) in [5, 5.41) is 11.1. The quantitative estimate of drug-likeness (QED) is 0.681. The van der Waals surface area contributed by atoms with E-state index < -0.39 is 0 Å². The van der Waals surface area contributed by atoms with E-state index in [4.69, 9.17) is 0 Å². The molecule has 0 aliphatic rings. The zero-order valence-corrected chi connectivity index (χ0v) is 13.2. The highest BCUT2D eigenvalue weighted by Crippen LogP contribution is 2.20. The van der Waals surface area contributed by atoms with Crippen LogP contribution in [0.1, 0.15) is 20.7 Å². The second-order valence-corrected chi connectivity index (χ2v) is 5.40. The third-order valence-electron chi connectivity index (χ3n) is 3.02. The molecule has 110 valence electrons. The Kier molecular flexibility index (Phi) is 5.44. The van der Waals surface area contributed by atoms with E-state index in [9.17, 15) is 14.7 Å². The molecule has 0 saturated carbocycles. The van der Waals surface area contributed by atoms with Crippen LogP contribution in [0.5, 0.6) is 5.75 Å². The number of halogens is 1. The maximum Gasteiger partial charge on any atom is 0.151 e. The number of aromatic hydroxyl groups is 1. The Labute approximate surface area is 136 Å². The van der Waals surface area contributed by atoms with Gasteiger partial charge in [-0.2, -0.15) is 0 Å². The Bertz CT molecular complexity index is 812. The first-order valence-corrected chi connectivity index (χ1v) is 7.31. The molecule has 0 bridgehead atoms. The van der Waals surface area contributed by atoms with Gasteiger partial charge in [0.25, 0.3) is 0 Å². The average molecular weight is 357 g/mol. The molecule has 0 aliphatic heterocycles. The zero-order valence-electron chi connectivity index (χ0n) is 11.6. The predicted molar refractivity (Wildman–Crippen MR) is 90.5 cm³/mol. The summed E-state index contributed by atoms with van der Waals surface area (Å²) in [5.74, 6) is 0.242. The maximum absolute atomic E-state index is 10.5. The van der Waals surface area contributed by atoms with Gasteiger partial charge in [0.15, 0.2) is 6.29 Å². The largest absolute Gasteiger partial charge is 0.508 e. The lowest BCUT2D eigenvalue weighted by Crippen LogP contribution is -1.79. The van der Waals surface area contributed by atoms with Crippen molar-refractivity contribution >= 4 is 39.3 Å². The number of phenolic OH excluding ortho intramolecular Hbond substituents is 1. The van der Waals surface area contributed by atoms with E-state index in [1.54, 1.807) is 36.4 Å². The van der Waals surface area contributed by atoms with Gasteiger partial charge in [-0.1, -0.05) is 52.3 Å². The molecule has 0 amide bonds. The number of rotatable bonds is 2. The van der Waals surface area contributed by atoms with Crippen molar-refractivity contribution < 1.29 is 14.7 Å². The first-order chi connectivity index (χ1) is 10.6. The third-order valence-corrected chi connectivity index (χ3v) is 3.74. The summed E-state index contributed by atoms with van der Waals surface area (Å²) in [6.45, 7) is 0. The molecule has 3 aromatic carbocycles. The summed E-state index contributed by atoms with van der Waals surface area (Å²) in [6.07, 6.45) is 1.64. The zero-order chi connectivity index (χ0) is 15.9. The Morgan fingerprint density at radius 3 is 2.14 bits per heavy atom. The Morgan fingerprint density at radius 1 is 0.818 bits per heavy atom. The van der Waals surface area contributed by atoms with E-state index in [0.717, 1.165) is 27.8 Å². The van der Waals surface area contributed by atoms with Crippen molar-refractivity contribution in [3.05, 3.63) is 76.3 Å². The molecule has 0 spiro atoms. The fourth-order valence-corrected chi connectivity index (χ4v) is 2.27. The van der Waals surface area contributed by atoms with Crippen LogP contribution in [0.15, 0.2) is 65.1 Å². The topological polar surface area (TPSA) is 54.4 Å². The van der Waals surface area contributed by atoms with E-state index in [-0.39, 0.29) is 5.75 Å². The van der Waals surface area contributed by atoms with Crippen LogP contribution in [0.3, 0.4) is 0 Å². The number of carbonyl (C=O) groups is 2. The van der Waals surface area contributed by atoms with Crippen molar-refractivity contribution in [1.29, 1.82) is 0 Å². The summed E-state index contributed by atoms with van der Waals surface area (Å²) < 4.78 is 0.847. The van der Waals surface area contributed by atoms with E-state index in [1.165, 1.54) is 0 Å². The number of carbonyl (C=O) groups excluding carboxylic acids is 2. The number of phenols is 1. The minimum Gasteiger partial charge on any atom is -0.508 e. The number of benzene rings is 3. The number of hydrogen-bond acceptors (Lipinski definition) is 3. The Balaban J connectivity index is 0.000000172. The molecule has 0 saturated heterocycles. The van der Waals surface area contributed by atoms with Gasteiger partial charge in [-0.25, -0.2) is 0 Å². The molecule has 0 atom stereocenters. The van der Waals surface area contributed by atoms with Gasteiger partial charge in [0.2, 0.25) is 0 Å². The summed E-state index contributed by atoms with van der Waals surface area (Å²) in [5.41, 5.74) is 1.34. The highest BCUT2D eigenvalue weighted by Gasteiger charge is 1.96. The van der Waals surface area contributed by atoms with E-state index in [1.807, 2.05) is 24.3 Å². The van der Waals surface area contributed by atoms with Gasteiger partial charge in [0.05, 0.1) is 0 Å². The summed E-state index contributed by atoms with van der Waals surface area (Å²) in [4.78, 5) is 20.7. The van der Waals surface area contributed by atoms with Gasteiger partial charge < -0.3 is 5.11 Å². The lowest BCUT2D eigenvalue weighted by molar-refractivity contribution is 0.111. The fourth-order valence-electron chi connectivity index (χ4n) is 1.90. The molecule has 0 heterocycles. The van der Waals surface area contributed by atoms with Crippen molar-refractivity contribution in [3.63, 3.8) is 0 Å². The molecular formula is C18H13BrO3. The van der Waals surface area contributed by atoms with Gasteiger partial charge in [-0.3, -0.25) is 9.59 Å². The second kappa shape index (κ2) is 7.52. The van der Waals surface area contributed by atoms with Crippen LogP contribution in [-0.2, 0) is 0 Å². The molecule has 22 heavy (non-hydrogen) atoms. The van der Waals surface area contributed by atoms with Crippen molar-refractivity contribution in [2.75, 3.05) is 0 Å². The second-order valence-electron chi connectivity index (χ2n) is 4.55. The Hall–Kier alpha value is -2.46. The van der Waals surface area contributed by atoms with Gasteiger partial charge in [-0.05, 0) is 35.0 Å². The first-order valence-electron chi connectivity index (χ1n) is 6.51. The van der Waals surface area contributed by atoms with Gasteiger partial charge >= 0.3 is 0 Å².